The fourth-order valence-corrected chi connectivity index (χ4v) is 3.51. The molecular formula is C10H10F4I2N2O2. The van der Waals surface area contributed by atoms with Gasteiger partial charge in [0.1, 0.15) is 13.2 Å². The summed E-state index contributed by atoms with van der Waals surface area (Å²) in [5, 5.41) is 17.4. The highest BCUT2D eigenvalue weighted by Crippen LogP contribution is 2.46. The van der Waals surface area contributed by atoms with Gasteiger partial charge < -0.3 is 21.7 Å². The minimum absolute atomic E-state index is 0.373. The number of rotatable bonds is 4. The van der Waals surface area contributed by atoms with Crippen LogP contribution in [-0.4, -0.2) is 23.4 Å². The summed E-state index contributed by atoms with van der Waals surface area (Å²) in [6.07, 6.45) is 0. The van der Waals surface area contributed by atoms with Crippen molar-refractivity contribution in [2.75, 3.05) is 24.7 Å². The van der Waals surface area contributed by atoms with Gasteiger partial charge in [0.2, 0.25) is 0 Å². The molecule has 0 saturated carbocycles. The zero-order valence-corrected chi connectivity index (χ0v) is 14.0. The SMILES string of the molecule is Nc1c(I)c(C(F)(F)CO)c(N)c(I)c1C(F)(F)CO. The van der Waals surface area contributed by atoms with Crippen LogP contribution in [0.5, 0.6) is 0 Å². The maximum atomic E-state index is 13.6. The van der Waals surface area contributed by atoms with Crippen molar-refractivity contribution in [3.63, 3.8) is 0 Å². The third-order valence-corrected chi connectivity index (χ3v) is 4.82. The number of nitrogen functional groups attached to an aromatic ring is 2. The molecule has 0 amide bonds. The molecule has 4 nitrogen and oxygen atoms in total. The molecule has 0 spiro atoms. The Hall–Kier alpha value is -0.0800. The molecule has 10 heteroatoms. The second kappa shape index (κ2) is 5.96. The third-order valence-electron chi connectivity index (χ3n) is 2.58. The first-order valence-corrected chi connectivity index (χ1v) is 7.21. The molecule has 0 atom stereocenters. The van der Waals surface area contributed by atoms with E-state index in [-0.39, 0.29) is 7.14 Å². The number of nitrogens with two attached hydrogens (primary N) is 2. The number of aliphatic hydroxyl groups is 2. The average Bonchev–Trinajstić information content (AvgIpc) is 2.36. The van der Waals surface area contributed by atoms with Gasteiger partial charge in [0.15, 0.2) is 0 Å². The van der Waals surface area contributed by atoms with Gasteiger partial charge >= 0.3 is 0 Å². The van der Waals surface area contributed by atoms with E-state index in [1.165, 1.54) is 45.2 Å². The van der Waals surface area contributed by atoms with Crippen molar-refractivity contribution in [2.45, 2.75) is 11.8 Å². The largest absolute Gasteiger partial charge is 0.397 e. The first-order chi connectivity index (χ1) is 9.01. The lowest BCUT2D eigenvalue weighted by molar-refractivity contribution is -0.0587. The number of halogens is 6. The Kier molecular flexibility index (Phi) is 5.36. The predicted molar refractivity (Wildman–Crippen MR) is 82.7 cm³/mol. The molecule has 1 aromatic rings. The monoisotopic (exact) mass is 520 g/mol. The summed E-state index contributed by atoms with van der Waals surface area (Å²) in [4.78, 5) is 0. The summed E-state index contributed by atoms with van der Waals surface area (Å²) < 4.78 is 53.8. The molecule has 1 aromatic carbocycles. The standard InChI is InChI=1S/C10H10F4I2N2O2/c11-9(12,1-19)3-5(15)8(18)4(6(16)7(3)17)10(13,14)2-20/h19-20H,1-2,17-18H2. The van der Waals surface area contributed by atoms with Gasteiger partial charge in [-0.3, -0.25) is 0 Å². The van der Waals surface area contributed by atoms with Gasteiger partial charge in [-0.2, -0.15) is 17.6 Å². The van der Waals surface area contributed by atoms with Crippen LogP contribution in [0, 0.1) is 7.14 Å². The first-order valence-electron chi connectivity index (χ1n) is 5.05. The van der Waals surface area contributed by atoms with Crippen LogP contribution in [-0.2, 0) is 11.8 Å². The van der Waals surface area contributed by atoms with Crippen molar-refractivity contribution in [3.8, 4) is 0 Å². The second-order valence-corrected chi connectivity index (χ2v) is 6.09. The number of alkyl halides is 4. The van der Waals surface area contributed by atoms with Crippen molar-refractivity contribution < 1.29 is 27.8 Å². The van der Waals surface area contributed by atoms with Gasteiger partial charge in [0, 0.05) is 7.14 Å². The van der Waals surface area contributed by atoms with E-state index in [4.69, 9.17) is 21.7 Å². The van der Waals surface area contributed by atoms with Crippen LogP contribution in [0.25, 0.3) is 0 Å². The third kappa shape index (κ3) is 2.92. The molecule has 0 fully saturated rings. The molecule has 0 aliphatic rings. The van der Waals surface area contributed by atoms with Gasteiger partial charge in [-0.05, 0) is 45.2 Å². The number of hydrogen-bond acceptors (Lipinski definition) is 4. The first kappa shape index (κ1) is 18.0. The highest BCUT2D eigenvalue weighted by atomic mass is 127. The Balaban J connectivity index is 3.76. The molecule has 114 valence electrons. The molecule has 0 bridgehead atoms. The van der Waals surface area contributed by atoms with Gasteiger partial charge in [-0.1, -0.05) is 0 Å². The van der Waals surface area contributed by atoms with E-state index in [1.54, 1.807) is 0 Å². The van der Waals surface area contributed by atoms with E-state index in [9.17, 15) is 17.6 Å². The Bertz CT molecular complexity index is 464. The Morgan fingerprint density at radius 3 is 1.25 bits per heavy atom. The molecule has 0 heterocycles. The van der Waals surface area contributed by atoms with Crippen molar-refractivity contribution in [1.82, 2.24) is 0 Å². The lowest BCUT2D eigenvalue weighted by Crippen LogP contribution is -2.28. The molecule has 6 N–H and O–H groups in total. The van der Waals surface area contributed by atoms with Crippen molar-refractivity contribution in [2.24, 2.45) is 0 Å². The molecule has 20 heavy (non-hydrogen) atoms. The molecule has 0 saturated heterocycles. The lowest BCUT2D eigenvalue weighted by Gasteiger charge is -2.25. The molecular weight excluding hydrogens is 510 g/mol. The van der Waals surface area contributed by atoms with E-state index in [2.05, 4.69) is 0 Å². The summed E-state index contributed by atoms with van der Waals surface area (Å²) in [5.74, 6) is -7.41. The van der Waals surface area contributed by atoms with Crippen molar-refractivity contribution in [1.29, 1.82) is 0 Å². The van der Waals surface area contributed by atoms with Crippen molar-refractivity contribution in [3.05, 3.63) is 18.3 Å². The quantitative estimate of drug-likeness (QED) is 0.279. The van der Waals surface area contributed by atoms with Crippen LogP contribution >= 0.6 is 45.2 Å². The Morgan fingerprint density at radius 1 is 0.800 bits per heavy atom. The maximum absolute atomic E-state index is 13.6. The van der Waals surface area contributed by atoms with Crippen LogP contribution in [0.3, 0.4) is 0 Å². The van der Waals surface area contributed by atoms with E-state index >= 15 is 0 Å². The molecule has 0 radical (unpaired) electrons. The van der Waals surface area contributed by atoms with Crippen LogP contribution in [0.2, 0.25) is 0 Å². The average molecular weight is 520 g/mol. The number of benzene rings is 1. The van der Waals surface area contributed by atoms with E-state index in [1.807, 2.05) is 0 Å². The molecule has 1 rings (SSSR count). The van der Waals surface area contributed by atoms with Crippen LogP contribution in [0.1, 0.15) is 11.1 Å². The van der Waals surface area contributed by atoms with E-state index in [0.717, 1.165) is 0 Å². The zero-order chi connectivity index (χ0) is 15.9. The van der Waals surface area contributed by atoms with Gasteiger partial charge in [0.25, 0.3) is 11.8 Å². The fourth-order valence-electron chi connectivity index (χ4n) is 1.60. The van der Waals surface area contributed by atoms with E-state index in [0.29, 0.717) is 0 Å². The predicted octanol–water partition coefficient (Wildman–Crippen LogP) is 2.23. The minimum Gasteiger partial charge on any atom is -0.397 e. The van der Waals surface area contributed by atoms with Crippen LogP contribution < -0.4 is 11.5 Å². The van der Waals surface area contributed by atoms with Gasteiger partial charge in [0.05, 0.1) is 22.5 Å². The number of hydrogen-bond donors (Lipinski definition) is 4. The summed E-state index contributed by atoms with van der Waals surface area (Å²) in [7, 11) is 0. The van der Waals surface area contributed by atoms with Crippen LogP contribution in [0.4, 0.5) is 28.9 Å². The van der Waals surface area contributed by atoms with Gasteiger partial charge in [-0.25, -0.2) is 0 Å². The highest BCUT2D eigenvalue weighted by molar-refractivity contribution is 14.1. The summed E-state index contributed by atoms with van der Waals surface area (Å²) in [6.45, 7) is -3.06. The molecule has 0 aromatic heterocycles. The highest BCUT2D eigenvalue weighted by Gasteiger charge is 2.42. The molecule has 0 unspecified atom stereocenters. The Morgan fingerprint density at radius 2 is 1.05 bits per heavy atom. The molecule has 0 aliphatic heterocycles. The van der Waals surface area contributed by atoms with Gasteiger partial charge in [-0.15, -0.1) is 0 Å². The normalized spacial score (nSPS) is 12.8. The number of aliphatic hydroxyl groups excluding tert-OH is 2. The van der Waals surface area contributed by atoms with Crippen LogP contribution in [0.15, 0.2) is 0 Å². The minimum atomic E-state index is -3.71. The summed E-state index contributed by atoms with van der Waals surface area (Å²) >= 11 is 2.73. The topological polar surface area (TPSA) is 92.5 Å². The second-order valence-electron chi connectivity index (χ2n) is 3.93. The molecule has 0 aliphatic carbocycles. The van der Waals surface area contributed by atoms with E-state index < -0.39 is 47.6 Å². The fraction of sp³-hybridized carbons (Fsp3) is 0.400. The maximum Gasteiger partial charge on any atom is 0.298 e. The zero-order valence-electron chi connectivity index (χ0n) is 9.73. The summed E-state index contributed by atoms with van der Waals surface area (Å²) in [6, 6.07) is 0. The number of anilines is 2. The smallest absolute Gasteiger partial charge is 0.298 e. The summed E-state index contributed by atoms with van der Waals surface area (Å²) in [5.41, 5.74) is 8.22. The lowest BCUT2D eigenvalue weighted by atomic mass is 9.99. The Labute approximate surface area is 138 Å². The van der Waals surface area contributed by atoms with Crippen molar-refractivity contribution >= 4 is 56.6 Å².